The fraction of sp³-hybridized carbons (Fsp3) is 0.167. The van der Waals surface area contributed by atoms with E-state index in [0.717, 1.165) is 16.8 Å². The molecule has 0 radical (unpaired) electrons. The normalized spacial score (nSPS) is 11.5. The monoisotopic (exact) mass is 361 g/mol. The SMILES string of the molecule is Cn1nc(CC(=O)Nc2ccc(C(F)(F)F)cc2)c2ccccc2c1=O. The number of anilines is 1. The molecule has 0 fully saturated rings. The fourth-order valence-corrected chi connectivity index (χ4v) is 2.61. The lowest BCUT2D eigenvalue weighted by Crippen LogP contribution is -2.24. The van der Waals surface area contributed by atoms with E-state index in [2.05, 4.69) is 10.4 Å². The van der Waals surface area contributed by atoms with Gasteiger partial charge in [-0.15, -0.1) is 0 Å². The van der Waals surface area contributed by atoms with Gasteiger partial charge < -0.3 is 5.32 Å². The van der Waals surface area contributed by atoms with Gasteiger partial charge >= 0.3 is 6.18 Å². The van der Waals surface area contributed by atoms with Crippen molar-refractivity contribution in [2.75, 3.05) is 5.32 Å². The summed E-state index contributed by atoms with van der Waals surface area (Å²) in [5.74, 6) is -0.443. The van der Waals surface area contributed by atoms with Crippen LogP contribution in [-0.2, 0) is 24.4 Å². The van der Waals surface area contributed by atoms with Gasteiger partial charge in [0.05, 0.1) is 23.1 Å². The first-order chi connectivity index (χ1) is 12.3. The molecule has 134 valence electrons. The van der Waals surface area contributed by atoms with Crippen LogP contribution < -0.4 is 10.9 Å². The second-order valence-electron chi connectivity index (χ2n) is 5.72. The molecule has 1 heterocycles. The van der Waals surface area contributed by atoms with Crippen molar-refractivity contribution in [3.8, 4) is 0 Å². The zero-order valence-electron chi connectivity index (χ0n) is 13.7. The van der Waals surface area contributed by atoms with Crippen LogP contribution in [0.1, 0.15) is 11.3 Å². The van der Waals surface area contributed by atoms with Crippen LogP contribution in [0.4, 0.5) is 18.9 Å². The summed E-state index contributed by atoms with van der Waals surface area (Å²) in [7, 11) is 1.49. The molecule has 0 aliphatic rings. The van der Waals surface area contributed by atoms with E-state index in [4.69, 9.17) is 0 Å². The Hall–Kier alpha value is -3.16. The molecule has 1 aromatic heterocycles. The molecular weight excluding hydrogens is 347 g/mol. The fourth-order valence-electron chi connectivity index (χ4n) is 2.61. The molecule has 0 aliphatic carbocycles. The number of hydrogen-bond donors (Lipinski definition) is 1. The molecular formula is C18H14F3N3O2. The number of aromatic nitrogens is 2. The van der Waals surface area contributed by atoms with E-state index in [0.29, 0.717) is 16.5 Å². The number of halogens is 3. The summed E-state index contributed by atoms with van der Waals surface area (Å²) in [6.07, 6.45) is -4.55. The van der Waals surface area contributed by atoms with Crippen LogP contribution in [0.5, 0.6) is 0 Å². The van der Waals surface area contributed by atoms with E-state index < -0.39 is 17.6 Å². The van der Waals surface area contributed by atoms with Crippen molar-refractivity contribution in [2.45, 2.75) is 12.6 Å². The average molecular weight is 361 g/mol. The van der Waals surface area contributed by atoms with Crippen molar-refractivity contribution in [1.82, 2.24) is 9.78 Å². The van der Waals surface area contributed by atoms with E-state index >= 15 is 0 Å². The van der Waals surface area contributed by atoms with Crippen molar-refractivity contribution < 1.29 is 18.0 Å². The maximum absolute atomic E-state index is 12.6. The Labute approximate surface area is 146 Å². The number of amides is 1. The molecule has 3 rings (SSSR count). The maximum atomic E-state index is 12.6. The summed E-state index contributed by atoms with van der Waals surface area (Å²) in [5.41, 5.74) is -0.405. The molecule has 1 N–H and O–H groups in total. The van der Waals surface area contributed by atoms with Crippen molar-refractivity contribution in [3.63, 3.8) is 0 Å². The van der Waals surface area contributed by atoms with Gasteiger partial charge in [0, 0.05) is 18.1 Å². The van der Waals surface area contributed by atoms with Crippen LogP contribution in [-0.4, -0.2) is 15.7 Å². The Morgan fingerprint density at radius 1 is 1.08 bits per heavy atom. The molecule has 3 aromatic rings. The third-order valence-electron chi connectivity index (χ3n) is 3.86. The number of alkyl halides is 3. The zero-order chi connectivity index (χ0) is 18.9. The summed E-state index contributed by atoms with van der Waals surface area (Å²) in [6.45, 7) is 0. The van der Waals surface area contributed by atoms with Crippen molar-refractivity contribution in [3.05, 3.63) is 70.1 Å². The number of carbonyl (C=O) groups is 1. The van der Waals surface area contributed by atoms with E-state index in [9.17, 15) is 22.8 Å². The van der Waals surface area contributed by atoms with Crippen LogP contribution in [0.2, 0.25) is 0 Å². The summed E-state index contributed by atoms with van der Waals surface area (Å²) in [5, 5.41) is 7.67. The topological polar surface area (TPSA) is 64.0 Å². The van der Waals surface area contributed by atoms with E-state index in [1.165, 1.54) is 19.2 Å². The molecule has 0 bridgehead atoms. The van der Waals surface area contributed by atoms with Crippen LogP contribution in [0, 0.1) is 0 Å². The highest BCUT2D eigenvalue weighted by Gasteiger charge is 2.30. The average Bonchev–Trinajstić information content (AvgIpc) is 2.59. The third kappa shape index (κ3) is 3.58. The number of nitrogens with zero attached hydrogens (tertiary/aromatic N) is 2. The van der Waals surface area contributed by atoms with E-state index in [1.54, 1.807) is 24.3 Å². The Balaban J connectivity index is 1.82. The summed E-state index contributed by atoms with van der Waals surface area (Å²) in [4.78, 5) is 24.3. The highest BCUT2D eigenvalue weighted by molar-refractivity contribution is 5.95. The summed E-state index contributed by atoms with van der Waals surface area (Å²) >= 11 is 0. The minimum absolute atomic E-state index is 0.115. The van der Waals surface area contributed by atoms with Crippen molar-refractivity contribution in [1.29, 1.82) is 0 Å². The molecule has 0 saturated carbocycles. The zero-order valence-corrected chi connectivity index (χ0v) is 13.7. The largest absolute Gasteiger partial charge is 0.416 e. The van der Waals surface area contributed by atoms with Gasteiger partial charge in [-0.2, -0.15) is 18.3 Å². The standard InChI is InChI=1S/C18H14F3N3O2/c1-24-17(26)14-5-3-2-4-13(14)15(23-24)10-16(25)22-12-8-6-11(7-9-12)18(19,20)21/h2-9H,10H2,1H3,(H,22,25). The number of benzene rings is 2. The molecule has 0 aliphatic heterocycles. The van der Waals surface area contributed by atoms with E-state index in [-0.39, 0.29) is 17.7 Å². The highest BCUT2D eigenvalue weighted by Crippen LogP contribution is 2.29. The molecule has 8 heteroatoms. The number of nitrogens with one attached hydrogen (secondary N) is 1. The minimum atomic E-state index is -4.43. The number of fused-ring (bicyclic) bond motifs is 1. The van der Waals surface area contributed by atoms with Crippen LogP contribution in [0.25, 0.3) is 10.8 Å². The van der Waals surface area contributed by atoms with Gasteiger partial charge in [0.2, 0.25) is 5.91 Å². The van der Waals surface area contributed by atoms with Crippen LogP contribution in [0.3, 0.4) is 0 Å². The second-order valence-corrected chi connectivity index (χ2v) is 5.72. The minimum Gasteiger partial charge on any atom is -0.326 e. The van der Waals surface area contributed by atoms with Crippen LogP contribution >= 0.6 is 0 Å². The van der Waals surface area contributed by atoms with Gasteiger partial charge in [-0.05, 0) is 30.3 Å². The lowest BCUT2D eigenvalue weighted by Gasteiger charge is -2.10. The molecule has 0 atom stereocenters. The Morgan fingerprint density at radius 3 is 2.31 bits per heavy atom. The van der Waals surface area contributed by atoms with Crippen molar-refractivity contribution >= 4 is 22.4 Å². The Kier molecular flexibility index (Phi) is 4.50. The molecule has 2 aromatic carbocycles. The van der Waals surface area contributed by atoms with Gasteiger partial charge in [-0.25, -0.2) is 4.68 Å². The number of aryl methyl sites for hydroxylation is 1. The number of carbonyl (C=O) groups excluding carboxylic acids is 1. The third-order valence-corrected chi connectivity index (χ3v) is 3.86. The number of hydrogen-bond acceptors (Lipinski definition) is 3. The highest BCUT2D eigenvalue weighted by atomic mass is 19.4. The Bertz CT molecular complexity index is 1020. The van der Waals surface area contributed by atoms with E-state index in [1.807, 2.05) is 0 Å². The molecule has 0 unspecified atom stereocenters. The lowest BCUT2D eigenvalue weighted by molar-refractivity contribution is -0.137. The summed E-state index contributed by atoms with van der Waals surface area (Å²) < 4.78 is 38.9. The molecule has 0 saturated heterocycles. The van der Waals surface area contributed by atoms with Crippen LogP contribution in [0.15, 0.2) is 53.3 Å². The maximum Gasteiger partial charge on any atom is 0.416 e. The Morgan fingerprint density at radius 2 is 1.69 bits per heavy atom. The summed E-state index contributed by atoms with van der Waals surface area (Å²) in [6, 6.07) is 11.0. The smallest absolute Gasteiger partial charge is 0.326 e. The first-order valence-corrected chi connectivity index (χ1v) is 7.68. The second kappa shape index (κ2) is 6.62. The first kappa shape index (κ1) is 17.7. The molecule has 26 heavy (non-hydrogen) atoms. The molecule has 0 spiro atoms. The number of rotatable bonds is 3. The molecule has 5 nitrogen and oxygen atoms in total. The van der Waals surface area contributed by atoms with Gasteiger partial charge in [0.1, 0.15) is 0 Å². The van der Waals surface area contributed by atoms with Gasteiger partial charge in [-0.1, -0.05) is 18.2 Å². The molecule has 1 amide bonds. The van der Waals surface area contributed by atoms with Gasteiger partial charge in [-0.3, -0.25) is 9.59 Å². The quantitative estimate of drug-likeness (QED) is 0.780. The lowest BCUT2D eigenvalue weighted by atomic mass is 10.1. The van der Waals surface area contributed by atoms with Gasteiger partial charge in [0.15, 0.2) is 0 Å². The predicted octanol–water partition coefficient (Wildman–Crippen LogP) is 3.13. The van der Waals surface area contributed by atoms with Gasteiger partial charge in [0.25, 0.3) is 5.56 Å². The van der Waals surface area contributed by atoms with Crippen molar-refractivity contribution in [2.24, 2.45) is 7.05 Å². The first-order valence-electron chi connectivity index (χ1n) is 7.68. The predicted molar refractivity (Wildman–Crippen MR) is 90.8 cm³/mol.